The largest absolute Gasteiger partial charge is 0.515 e. The summed E-state index contributed by atoms with van der Waals surface area (Å²) in [7, 11) is 0. The van der Waals surface area contributed by atoms with Crippen LogP contribution in [0.3, 0.4) is 0 Å². The van der Waals surface area contributed by atoms with Crippen LogP contribution in [0.15, 0.2) is 30.8 Å². The third-order valence-corrected chi connectivity index (χ3v) is 1.33. The highest BCUT2D eigenvalue weighted by atomic mass is 16.2. The standard InChI is InChI=1S/C8H9NO/c1-7(6-10)8-2-4-9-5-3-8/h2-6,10H,1H3/b7-6+. The van der Waals surface area contributed by atoms with Crippen molar-refractivity contribution in [3.63, 3.8) is 0 Å². The number of rotatable bonds is 1. The lowest BCUT2D eigenvalue weighted by Crippen LogP contribution is -1.78. The molecule has 0 saturated carbocycles. The highest BCUT2D eigenvalue weighted by molar-refractivity contribution is 5.61. The minimum Gasteiger partial charge on any atom is -0.515 e. The molecular weight excluding hydrogens is 126 g/mol. The van der Waals surface area contributed by atoms with Crippen LogP contribution in [0.5, 0.6) is 0 Å². The molecule has 0 unspecified atom stereocenters. The van der Waals surface area contributed by atoms with E-state index in [9.17, 15) is 0 Å². The number of allylic oxidation sites excluding steroid dienone is 1. The monoisotopic (exact) mass is 135 g/mol. The summed E-state index contributed by atoms with van der Waals surface area (Å²) >= 11 is 0. The molecule has 52 valence electrons. The van der Waals surface area contributed by atoms with Crippen LogP contribution in [0.2, 0.25) is 0 Å². The third kappa shape index (κ3) is 1.35. The van der Waals surface area contributed by atoms with Gasteiger partial charge in [0.2, 0.25) is 0 Å². The lowest BCUT2D eigenvalue weighted by Gasteiger charge is -1.95. The zero-order valence-electron chi connectivity index (χ0n) is 5.78. The van der Waals surface area contributed by atoms with E-state index in [0.717, 1.165) is 17.4 Å². The van der Waals surface area contributed by atoms with Gasteiger partial charge in [-0.1, -0.05) is 0 Å². The predicted octanol–water partition coefficient (Wildman–Crippen LogP) is 2.00. The Morgan fingerprint density at radius 3 is 2.60 bits per heavy atom. The normalized spacial score (nSPS) is 11.5. The van der Waals surface area contributed by atoms with Crippen LogP contribution in [0, 0.1) is 0 Å². The van der Waals surface area contributed by atoms with Crippen molar-refractivity contribution in [1.29, 1.82) is 0 Å². The molecule has 1 aromatic heterocycles. The summed E-state index contributed by atoms with van der Waals surface area (Å²) in [6, 6.07) is 3.70. The minimum atomic E-state index is 0.849. The minimum absolute atomic E-state index is 0.849. The first-order valence-corrected chi connectivity index (χ1v) is 3.06. The SMILES string of the molecule is C/C(=C\O)c1ccncc1. The van der Waals surface area contributed by atoms with E-state index in [4.69, 9.17) is 5.11 Å². The van der Waals surface area contributed by atoms with Crippen molar-refractivity contribution in [2.45, 2.75) is 6.92 Å². The van der Waals surface area contributed by atoms with Crippen molar-refractivity contribution >= 4 is 5.57 Å². The first kappa shape index (κ1) is 6.81. The van der Waals surface area contributed by atoms with Crippen LogP contribution in [-0.4, -0.2) is 10.1 Å². The Morgan fingerprint density at radius 2 is 2.10 bits per heavy atom. The van der Waals surface area contributed by atoms with Crippen molar-refractivity contribution in [1.82, 2.24) is 4.98 Å². The van der Waals surface area contributed by atoms with E-state index in [1.165, 1.54) is 0 Å². The Kier molecular flexibility index (Phi) is 2.05. The molecule has 0 atom stereocenters. The predicted molar refractivity (Wildman–Crippen MR) is 40.5 cm³/mol. The van der Waals surface area contributed by atoms with Gasteiger partial charge in [0, 0.05) is 12.4 Å². The van der Waals surface area contributed by atoms with E-state index < -0.39 is 0 Å². The van der Waals surface area contributed by atoms with Crippen LogP contribution >= 0.6 is 0 Å². The Hall–Kier alpha value is -1.31. The van der Waals surface area contributed by atoms with Gasteiger partial charge in [-0.15, -0.1) is 0 Å². The van der Waals surface area contributed by atoms with Crippen LogP contribution in [0.1, 0.15) is 12.5 Å². The number of hydrogen-bond donors (Lipinski definition) is 1. The summed E-state index contributed by atoms with van der Waals surface area (Å²) in [6.45, 7) is 1.84. The molecule has 1 N–H and O–H groups in total. The topological polar surface area (TPSA) is 33.1 Å². The average molecular weight is 135 g/mol. The van der Waals surface area contributed by atoms with Gasteiger partial charge in [-0.25, -0.2) is 0 Å². The maximum atomic E-state index is 8.61. The summed E-state index contributed by atoms with van der Waals surface area (Å²) < 4.78 is 0. The quantitative estimate of drug-likeness (QED) is 0.597. The first-order chi connectivity index (χ1) is 4.84. The van der Waals surface area contributed by atoms with Crippen molar-refractivity contribution in [2.75, 3.05) is 0 Å². The van der Waals surface area contributed by atoms with Gasteiger partial charge >= 0.3 is 0 Å². The highest BCUT2D eigenvalue weighted by Gasteiger charge is 1.90. The lowest BCUT2D eigenvalue weighted by atomic mass is 10.1. The first-order valence-electron chi connectivity index (χ1n) is 3.06. The van der Waals surface area contributed by atoms with E-state index in [0.29, 0.717) is 0 Å². The second-order valence-corrected chi connectivity index (χ2v) is 2.05. The summed E-state index contributed by atoms with van der Waals surface area (Å²) in [4.78, 5) is 3.85. The third-order valence-electron chi connectivity index (χ3n) is 1.33. The van der Waals surface area contributed by atoms with Crippen LogP contribution in [0.4, 0.5) is 0 Å². The van der Waals surface area contributed by atoms with Gasteiger partial charge in [0.15, 0.2) is 0 Å². The molecule has 1 aromatic rings. The molecular formula is C8H9NO. The fourth-order valence-electron chi connectivity index (χ4n) is 0.689. The summed E-state index contributed by atoms with van der Waals surface area (Å²) in [5.41, 5.74) is 1.85. The van der Waals surface area contributed by atoms with Gasteiger partial charge in [0.1, 0.15) is 0 Å². The van der Waals surface area contributed by atoms with Gasteiger partial charge in [-0.2, -0.15) is 0 Å². The number of nitrogens with zero attached hydrogens (tertiary/aromatic N) is 1. The number of aromatic nitrogens is 1. The maximum Gasteiger partial charge on any atom is 0.0826 e. The fourth-order valence-corrected chi connectivity index (χ4v) is 0.689. The lowest BCUT2D eigenvalue weighted by molar-refractivity contribution is 0.475. The molecule has 0 amide bonds. The number of pyridine rings is 1. The second kappa shape index (κ2) is 3.01. The van der Waals surface area contributed by atoms with Gasteiger partial charge in [-0.05, 0) is 30.2 Å². The average Bonchev–Trinajstić information content (AvgIpc) is 2.05. The molecule has 0 aliphatic carbocycles. The summed E-state index contributed by atoms with van der Waals surface area (Å²) in [5, 5.41) is 8.61. The Labute approximate surface area is 59.9 Å². The maximum absolute atomic E-state index is 8.61. The van der Waals surface area contributed by atoms with Crippen LogP contribution < -0.4 is 0 Å². The van der Waals surface area contributed by atoms with Crippen molar-refractivity contribution in [2.24, 2.45) is 0 Å². The van der Waals surface area contributed by atoms with E-state index in [1.807, 2.05) is 19.1 Å². The molecule has 0 bridgehead atoms. The van der Waals surface area contributed by atoms with Crippen molar-refractivity contribution < 1.29 is 5.11 Å². The molecule has 0 spiro atoms. The molecule has 2 nitrogen and oxygen atoms in total. The molecule has 0 aliphatic heterocycles. The molecule has 1 rings (SSSR count). The van der Waals surface area contributed by atoms with Gasteiger partial charge in [0.25, 0.3) is 0 Å². The van der Waals surface area contributed by atoms with Crippen molar-refractivity contribution in [3.05, 3.63) is 36.4 Å². The molecule has 1 heterocycles. The molecule has 0 aromatic carbocycles. The molecule has 0 radical (unpaired) electrons. The number of aliphatic hydroxyl groups excluding tert-OH is 1. The van der Waals surface area contributed by atoms with E-state index in [-0.39, 0.29) is 0 Å². The van der Waals surface area contributed by atoms with E-state index in [1.54, 1.807) is 12.4 Å². The summed E-state index contributed by atoms with van der Waals surface area (Å²) in [6.07, 6.45) is 4.49. The smallest absolute Gasteiger partial charge is 0.0826 e. The molecule has 10 heavy (non-hydrogen) atoms. The second-order valence-electron chi connectivity index (χ2n) is 2.05. The Morgan fingerprint density at radius 1 is 1.50 bits per heavy atom. The van der Waals surface area contributed by atoms with Crippen LogP contribution in [-0.2, 0) is 0 Å². The number of aliphatic hydroxyl groups is 1. The zero-order valence-corrected chi connectivity index (χ0v) is 5.78. The fraction of sp³-hybridized carbons (Fsp3) is 0.125. The van der Waals surface area contributed by atoms with Gasteiger partial charge < -0.3 is 5.11 Å². The highest BCUT2D eigenvalue weighted by Crippen LogP contribution is 2.09. The number of hydrogen-bond acceptors (Lipinski definition) is 2. The molecule has 2 heteroatoms. The molecule has 0 saturated heterocycles. The van der Waals surface area contributed by atoms with E-state index >= 15 is 0 Å². The van der Waals surface area contributed by atoms with E-state index in [2.05, 4.69) is 4.98 Å². The van der Waals surface area contributed by atoms with Crippen LogP contribution in [0.25, 0.3) is 5.57 Å². The zero-order chi connectivity index (χ0) is 7.40. The Bertz CT molecular complexity index is 228. The molecule has 0 aliphatic rings. The van der Waals surface area contributed by atoms with Gasteiger partial charge in [0.05, 0.1) is 6.26 Å². The Balaban J connectivity index is 2.96. The van der Waals surface area contributed by atoms with Crippen molar-refractivity contribution in [3.8, 4) is 0 Å². The van der Waals surface area contributed by atoms with Gasteiger partial charge in [-0.3, -0.25) is 4.98 Å². The molecule has 0 fully saturated rings. The summed E-state index contributed by atoms with van der Waals surface area (Å²) in [5.74, 6) is 0.